The van der Waals surface area contributed by atoms with Crippen LogP contribution in [0.25, 0.3) is 22.0 Å². The van der Waals surface area contributed by atoms with Gasteiger partial charge in [0.1, 0.15) is 46.2 Å². The number of carbonyl (C=O) groups excluding carboxylic acids is 1. The third kappa shape index (κ3) is 7.96. The number of carboxylic acid groups (broad SMARTS) is 1. The molecule has 2 unspecified atom stereocenters. The van der Waals surface area contributed by atoms with Crippen molar-refractivity contribution in [3.05, 3.63) is 93.0 Å². The molecule has 0 fully saturated rings. The Balaban J connectivity index is 1.53. The topological polar surface area (TPSA) is 164 Å². The summed E-state index contributed by atoms with van der Waals surface area (Å²) < 4.78 is 76.0. The van der Waals surface area contributed by atoms with Crippen LogP contribution in [0.5, 0.6) is 0 Å². The number of nitrogens with one attached hydrogen (secondary N) is 2. The summed E-state index contributed by atoms with van der Waals surface area (Å²) in [6.07, 6.45) is 0.230. The van der Waals surface area contributed by atoms with Crippen LogP contribution in [-0.4, -0.2) is 62.7 Å². The van der Waals surface area contributed by atoms with Crippen molar-refractivity contribution in [2.45, 2.75) is 57.2 Å². The number of hydrogen-bond donors (Lipinski definition) is 4. The van der Waals surface area contributed by atoms with Gasteiger partial charge < -0.3 is 15.5 Å². The maximum absolute atomic E-state index is 15.0. The summed E-state index contributed by atoms with van der Waals surface area (Å²) in [7, 11) is 0.0980. The normalized spacial score (nSPS) is 14.6. The number of nitrogens with zero attached hydrogens (tertiary/aromatic N) is 5. The van der Waals surface area contributed by atoms with Crippen LogP contribution in [0.1, 0.15) is 65.0 Å². The van der Waals surface area contributed by atoms with Crippen LogP contribution in [0.2, 0.25) is 5.02 Å². The van der Waals surface area contributed by atoms with Gasteiger partial charge in [-0.3, -0.25) is 18.9 Å². The molecule has 2 atom stereocenters. The molecule has 0 spiro atoms. The molecule has 5 aromatic rings. The van der Waals surface area contributed by atoms with Crippen LogP contribution in [0.4, 0.5) is 23.4 Å². The van der Waals surface area contributed by atoms with Gasteiger partial charge in [-0.05, 0) is 68.5 Å². The van der Waals surface area contributed by atoms with Gasteiger partial charge in [-0.25, -0.2) is 22.8 Å². The summed E-state index contributed by atoms with van der Waals surface area (Å²) in [5, 5.41) is 31.6. The van der Waals surface area contributed by atoms with Gasteiger partial charge in [0.05, 0.1) is 27.7 Å². The first-order valence-corrected chi connectivity index (χ1v) is 18.2. The van der Waals surface area contributed by atoms with Crippen molar-refractivity contribution >= 4 is 51.2 Å². The highest BCUT2D eigenvalue weighted by Gasteiger charge is 2.46. The summed E-state index contributed by atoms with van der Waals surface area (Å²) in [5.74, 6) is -2.00. The second-order valence-corrected chi connectivity index (χ2v) is 14.7. The highest BCUT2D eigenvalue weighted by Crippen LogP contribution is 2.43. The fourth-order valence-corrected chi connectivity index (χ4v) is 7.10. The number of benzene rings is 2. The first kappa shape index (κ1) is 38.4. The van der Waals surface area contributed by atoms with E-state index in [1.54, 1.807) is 31.3 Å². The number of aryl methyl sites for hydroxylation is 1. The van der Waals surface area contributed by atoms with Gasteiger partial charge in [-0.15, -0.1) is 0 Å². The average molecular weight is 786 g/mol. The maximum atomic E-state index is 15.0. The van der Waals surface area contributed by atoms with E-state index in [1.165, 1.54) is 24.8 Å². The van der Waals surface area contributed by atoms with Gasteiger partial charge in [0, 0.05) is 42.5 Å². The molecule has 6 rings (SSSR count). The summed E-state index contributed by atoms with van der Waals surface area (Å²) in [6, 6.07) is 7.97. The molecule has 2 aromatic carbocycles. The quantitative estimate of drug-likeness (QED) is 0.108. The molecule has 1 aliphatic rings. The fraction of sp³-hybridized carbons (Fsp3) is 0.306. The lowest BCUT2D eigenvalue weighted by Crippen LogP contribution is -2.35. The molecule has 3 heterocycles. The molecular formula is C36H32ClF4N7O5S. The summed E-state index contributed by atoms with van der Waals surface area (Å²) in [6.45, 7) is 2.09. The van der Waals surface area contributed by atoms with E-state index in [1.807, 2.05) is 0 Å². The number of anilines is 1. The second kappa shape index (κ2) is 14.5. The Hall–Kier alpha value is -5.31. The number of halogens is 5. The van der Waals surface area contributed by atoms with Crippen molar-refractivity contribution in [1.29, 1.82) is 0 Å². The predicted molar refractivity (Wildman–Crippen MR) is 192 cm³/mol. The van der Waals surface area contributed by atoms with Crippen molar-refractivity contribution in [2.24, 2.45) is 7.05 Å². The maximum Gasteiger partial charge on any atom is 0.356 e. The number of pyridine rings is 1. The zero-order valence-corrected chi connectivity index (χ0v) is 30.7. The van der Waals surface area contributed by atoms with E-state index in [9.17, 15) is 41.6 Å². The van der Waals surface area contributed by atoms with E-state index in [0.717, 1.165) is 12.1 Å². The molecule has 54 heavy (non-hydrogen) atoms. The van der Waals surface area contributed by atoms with Crippen molar-refractivity contribution in [2.75, 3.05) is 11.0 Å². The molecule has 12 nitrogen and oxygen atoms in total. The summed E-state index contributed by atoms with van der Waals surface area (Å²) in [5.41, 5.74) is -1.25. The molecule has 282 valence electrons. The molecule has 0 bridgehead atoms. The van der Waals surface area contributed by atoms with Gasteiger partial charge in [0.15, 0.2) is 11.5 Å². The molecule has 0 saturated carbocycles. The lowest BCUT2D eigenvalue weighted by molar-refractivity contribution is -0.122. The van der Waals surface area contributed by atoms with Crippen LogP contribution in [0.15, 0.2) is 42.5 Å². The minimum atomic E-state index is -3.45. The van der Waals surface area contributed by atoms with Crippen LogP contribution in [-0.2, 0) is 48.1 Å². The third-order valence-corrected chi connectivity index (χ3v) is 9.29. The van der Waals surface area contributed by atoms with Crippen molar-refractivity contribution in [1.82, 2.24) is 29.9 Å². The monoisotopic (exact) mass is 785 g/mol. The number of aliphatic hydroxyl groups is 1. The molecule has 18 heteroatoms. The van der Waals surface area contributed by atoms with Crippen molar-refractivity contribution in [3.8, 4) is 23.0 Å². The van der Waals surface area contributed by atoms with Crippen LogP contribution >= 0.6 is 11.6 Å². The molecule has 1 aliphatic carbocycles. The molecular weight excluding hydrogens is 754 g/mol. The Labute approximate surface area is 313 Å². The number of aromatic carboxylic acids is 1. The first-order chi connectivity index (χ1) is 25.3. The van der Waals surface area contributed by atoms with E-state index in [2.05, 4.69) is 32.1 Å². The highest BCUT2D eigenvalue weighted by atomic mass is 35.5. The predicted octanol–water partition coefficient (Wildman–Crippen LogP) is 5.43. The summed E-state index contributed by atoms with van der Waals surface area (Å²) in [4.78, 5) is 30.4. The Bertz CT molecular complexity index is 2410. The number of amides is 1. The van der Waals surface area contributed by atoms with Crippen LogP contribution < -0.4 is 10.0 Å². The van der Waals surface area contributed by atoms with Gasteiger partial charge in [-0.1, -0.05) is 23.6 Å². The molecule has 0 aliphatic heterocycles. The average Bonchev–Trinajstić information content (AvgIpc) is 3.70. The van der Waals surface area contributed by atoms with E-state index in [-0.39, 0.29) is 46.2 Å². The van der Waals surface area contributed by atoms with Crippen LogP contribution in [0.3, 0.4) is 0 Å². The Kier molecular flexibility index (Phi) is 10.3. The molecule has 3 aromatic heterocycles. The van der Waals surface area contributed by atoms with E-state index in [4.69, 9.17) is 16.6 Å². The number of carboxylic acids is 1. The van der Waals surface area contributed by atoms with Gasteiger partial charge in [0.2, 0.25) is 5.91 Å². The van der Waals surface area contributed by atoms with E-state index < -0.39 is 76.4 Å². The van der Waals surface area contributed by atoms with Crippen LogP contribution in [0, 0.1) is 23.5 Å². The number of aromatic nitrogens is 5. The number of carbonyl (C=O) groups is 2. The van der Waals surface area contributed by atoms with Gasteiger partial charge in [0.25, 0.3) is 5.92 Å². The molecule has 4 N–H and O–H groups in total. The number of fused-ring (bicyclic) bond motifs is 2. The zero-order chi connectivity index (χ0) is 39.3. The Morgan fingerprint density at radius 2 is 1.80 bits per heavy atom. The lowest BCUT2D eigenvalue weighted by atomic mass is 9.93. The lowest BCUT2D eigenvalue weighted by Gasteiger charge is -2.23. The second-order valence-electron chi connectivity index (χ2n) is 13.2. The largest absolute Gasteiger partial charge is 0.476 e. The number of hydrogen-bond acceptors (Lipinski definition) is 7. The van der Waals surface area contributed by atoms with Crippen molar-refractivity contribution < 1.29 is 41.6 Å². The Morgan fingerprint density at radius 3 is 2.44 bits per heavy atom. The number of rotatable bonds is 10. The number of alkyl halides is 2. The third-order valence-electron chi connectivity index (χ3n) is 8.50. The molecule has 0 radical (unpaired) electrons. The first-order valence-electron chi connectivity index (χ1n) is 16.3. The smallest absolute Gasteiger partial charge is 0.356 e. The minimum absolute atomic E-state index is 0.0944. The molecule has 0 saturated heterocycles. The fourth-order valence-electron chi connectivity index (χ4n) is 6.45. The Morgan fingerprint density at radius 1 is 1.11 bits per heavy atom. The van der Waals surface area contributed by atoms with Gasteiger partial charge >= 0.3 is 5.97 Å². The zero-order valence-electron chi connectivity index (χ0n) is 29.1. The summed E-state index contributed by atoms with van der Waals surface area (Å²) >= 11 is 6.62. The highest BCUT2D eigenvalue weighted by molar-refractivity contribution is 7.85. The van der Waals surface area contributed by atoms with Gasteiger partial charge in [-0.2, -0.15) is 19.0 Å². The van der Waals surface area contributed by atoms with Crippen molar-refractivity contribution in [3.63, 3.8) is 0 Å². The van der Waals surface area contributed by atoms with E-state index >= 15 is 0 Å². The van der Waals surface area contributed by atoms with E-state index in [0.29, 0.717) is 32.8 Å². The standard InChI is InChI=1S/C36H32ClF4N7O5S/c1-35(2,52)11-9-21-5-6-22(23-7-8-25(37)28-31(23)47(3)45-33(28)46-54(4)53)29(42-21)26(15-18-13-19(38)16-20(39)14-18)43-27(49)17-48-32-24(10-12-36(32,40)41)30(44-48)34(50)51/h5-8,13-14,16,26,52H,10,12,15,17H2,1-4H3,(H,43,49)(H,45,46)(H,50,51). The molecule has 1 amide bonds. The SMILES string of the molecule is Cn1nc(NS(C)=O)c2c(Cl)ccc(-c3ccc(C#CC(C)(C)O)nc3C(Cc3cc(F)cc(F)c3)NC(=O)Cn3nc(C(=O)O)c4c3C(F)(F)CC4)c21. The minimum Gasteiger partial charge on any atom is -0.476 e.